The maximum atomic E-state index is 5.49. The first-order valence-electron chi connectivity index (χ1n) is 7.64. The number of nitrogens with one attached hydrogen (secondary N) is 1. The van der Waals surface area contributed by atoms with Gasteiger partial charge in [-0.05, 0) is 31.2 Å². The Bertz CT molecular complexity index is 971. The van der Waals surface area contributed by atoms with Gasteiger partial charge in [0.15, 0.2) is 23.0 Å². The minimum atomic E-state index is 0.246. The van der Waals surface area contributed by atoms with Crippen molar-refractivity contribution in [3.05, 3.63) is 42.1 Å². The molecule has 6 heteroatoms. The predicted octanol–water partition coefficient (Wildman–Crippen LogP) is 3.74. The van der Waals surface area contributed by atoms with Gasteiger partial charge < -0.3 is 24.3 Å². The normalized spacial score (nSPS) is 14.2. The van der Waals surface area contributed by atoms with Crippen molar-refractivity contribution in [2.45, 2.75) is 6.92 Å². The summed E-state index contributed by atoms with van der Waals surface area (Å²) in [7, 11) is 0. The van der Waals surface area contributed by atoms with E-state index >= 15 is 0 Å². The van der Waals surface area contributed by atoms with E-state index in [2.05, 4.69) is 10.3 Å². The summed E-state index contributed by atoms with van der Waals surface area (Å²) in [5.74, 6) is 2.98. The molecule has 1 N–H and O–H groups in total. The summed E-state index contributed by atoms with van der Waals surface area (Å²) in [5.41, 5.74) is 3.66. The Morgan fingerprint density at radius 3 is 2.38 bits per heavy atom. The maximum Gasteiger partial charge on any atom is 0.231 e. The van der Waals surface area contributed by atoms with E-state index in [1.54, 1.807) is 0 Å². The molecule has 2 aliphatic heterocycles. The number of nitrogens with zero attached hydrogens (tertiary/aromatic N) is 1. The van der Waals surface area contributed by atoms with Gasteiger partial charge in [0.25, 0.3) is 0 Å². The predicted molar refractivity (Wildman–Crippen MR) is 88.5 cm³/mol. The van der Waals surface area contributed by atoms with Crippen LogP contribution in [0.4, 0.5) is 11.4 Å². The van der Waals surface area contributed by atoms with Crippen LogP contribution in [0.1, 0.15) is 5.69 Å². The fraction of sp³-hybridized carbons (Fsp3) is 0.167. The van der Waals surface area contributed by atoms with Crippen molar-refractivity contribution in [1.82, 2.24) is 4.98 Å². The lowest BCUT2D eigenvalue weighted by Gasteiger charge is -2.12. The minimum absolute atomic E-state index is 0.246. The third-order valence-corrected chi connectivity index (χ3v) is 4.08. The van der Waals surface area contributed by atoms with Crippen LogP contribution in [0, 0.1) is 6.92 Å². The number of rotatable bonds is 2. The van der Waals surface area contributed by atoms with Gasteiger partial charge in [0.1, 0.15) is 0 Å². The van der Waals surface area contributed by atoms with Crippen molar-refractivity contribution in [2.24, 2.45) is 0 Å². The molecule has 0 aliphatic carbocycles. The molecule has 0 unspecified atom stereocenters. The highest BCUT2D eigenvalue weighted by Gasteiger charge is 2.18. The zero-order valence-corrected chi connectivity index (χ0v) is 13.0. The van der Waals surface area contributed by atoms with Gasteiger partial charge in [-0.15, -0.1) is 0 Å². The van der Waals surface area contributed by atoms with Gasteiger partial charge >= 0.3 is 0 Å². The molecule has 1 aromatic heterocycles. The molecule has 3 heterocycles. The lowest BCUT2D eigenvalue weighted by Crippen LogP contribution is -1.95. The molecule has 0 spiro atoms. The minimum Gasteiger partial charge on any atom is -0.454 e. The van der Waals surface area contributed by atoms with Crippen molar-refractivity contribution in [3.63, 3.8) is 0 Å². The number of hydrogen-bond donors (Lipinski definition) is 1. The lowest BCUT2D eigenvalue weighted by atomic mass is 10.1. The van der Waals surface area contributed by atoms with E-state index in [0.29, 0.717) is 0 Å². The highest BCUT2D eigenvalue weighted by molar-refractivity contribution is 5.95. The number of anilines is 2. The quantitative estimate of drug-likeness (QED) is 0.775. The molecule has 2 aliphatic rings. The van der Waals surface area contributed by atoms with E-state index < -0.39 is 0 Å². The highest BCUT2D eigenvalue weighted by atomic mass is 16.7. The lowest BCUT2D eigenvalue weighted by molar-refractivity contribution is 0.173. The van der Waals surface area contributed by atoms with Gasteiger partial charge in [0.05, 0.1) is 5.52 Å². The van der Waals surface area contributed by atoms with Crippen molar-refractivity contribution in [2.75, 3.05) is 18.9 Å². The summed E-state index contributed by atoms with van der Waals surface area (Å²) in [6.45, 7) is 2.48. The van der Waals surface area contributed by atoms with Crippen LogP contribution in [-0.4, -0.2) is 18.6 Å². The van der Waals surface area contributed by atoms with Gasteiger partial charge in [0.2, 0.25) is 13.6 Å². The SMILES string of the molecule is Cc1cc(Nc2ccc3c(c2)OCO3)c2cc3c(cc2n1)OCO3. The summed E-state index contributed by atoms with van der Waals surface area (Å²) in [5, 5.41) is 4.41. The topological polar surface area (TPSA) is 61.8 Å². The summed E-state index contributed by atoms with van der Waals surface area (Å²) in [6.07, 6.45) is 0. The third kappa shape index (κ3) is 2.07. The van der Waals surface area contributed by atoms with Crippen molar-refractivity contribution in [3.8, 4) is 23.0 Å². The van der Waals surface area contributed by atoms with Crippen LogP contribution in [0.3, 0.4) is 0 Å². The second-order valence-corrected chi connectivity index (χ2v) is 5.73. The monoisotopic (exact) mass is 322 g/mol. The fourth-order valence-electron chi connectivity index (χ4n) is 2.98. The molecule has 5 rings (SSSR count). The molecule has 0 amide bonds. The van der Waals surface area contributed by atoms with Gasteiger partial charge in [-0.3, -0.25) is 4.98 Å². The Hall–Kier alpha value is -3.15. The summed E-state index contributed by atoms with van der Waals surface area (Å²) < 4.78 is 21.7. The average molecular weight is 322 g/mol. The first-order chi connectivity index (χ1) is 11.8. The molecule has 6 nitrogen and oxygen atoms in total. The van der Waals surface area contributed by atoms with E-state index in [4.69, 9.17) is 18.9 Å². The third-order valence-electron chi connectivity index (χ3n) is 4.08. The van der Waals surface area contributed by atoms with E-state index in [0.717, 1.165) is 51.0 Å². The van der Waals surface area contributed by atoms with Crippen molar-refractivity contribution in [1.29, 1.82) is 0 Å². The number of pyridine rings is 1. The molecule has 0 bridgehead atoms. The Labute approximate surface area is 137 Å². The van der Waals surface area contributed by atoms with Gasteiger partial charge in [0, 0.05) is 34.6 Å². The smallest absolute Gasteiger partial charge is 0.231 e. The molecule has 0 radical (unpaired) electrons. The molecule has 0 saturated heterocycles. The number of fused-ring (bicyclic) bond motifs is 3. The Kier molecular flexibility index (Phi) is 2.73. The van der Waals surface area contributed by atoms with E-state index in [1.165, 1.54) is 0 Å². The van der Waals surface area contributed by atoms with E-state index in [-0.39, 0.29) is 13.6 Å². The molecular weight excluding hydrogens is 308 g/mol. The van der Waals surface area contributed by atoms with Crippen molar-refractivity contribution >= 4 is 22.3 Å². The standard InChI is InChI=1S/C18H14N2O4/c1-10-4-13(20-11-2-3-15-16(5-11)22-8-21-15)12-6-17-18(24-9-23-17)7-14(12)19-10/h2-7H,8-9H2,1H3,(H,19,20). The van der Waals surface area contributed by atoms with Crippen LogP contribution in [0.25, 0.3) is 10.9 Å². The first-order valence-corrected chi connectivity index (χ1v) is 7.64. The summed E-state index contributed by atoms with van der Waals surface area (Å²) >= 11 is 0. The second kappa shape index (κ2) is 4.92. The molecule has 24 heavy (non-hydrogen) atoms. The van der Waals surface area contributed by atoms with Crippen LogP contribution in [0.2, 0.25) is 0 Å². The summed E-state index contributed by atoms with van der Waals surface area (Å²) in [6, 6.07) is 11.7. The van der Waals surface area contributed by atoms with Gasteiger partial charge in [-0.1, -0.05) is 0 Å². The Balaban J connectivity index is 1.61. The highest BCUT2D eigenvalue weighted by Crippen LogP contribution is 2.40. The van der Waals surface area contributed by atoms with Gasteiger partial charge in [-0.2, -0.15) is 0 Å². The van der Waals surface area contributed by atoms with Crippen LogP contribution in [-0.2, 0) is 0 Å². The number of benzene rings is 2. The van der Waals surface area contributed by atoms with E-state index in [1.807, 2.05) is 43.3 Å². The van der Waals surface area contributed by atoms with Crippen molar-refractivity contribution < 1.29 is 18.9 Å². The number of aryl methyl sites for hydroxylation is 1. The first kappa shape index (κ1) is 13.3. The number of hydrogen-bond acceptors (Lipinski definition) is 6. The average Bonchev–Trinajstić information content (AvgIpc) is 3.20. The maximum absolute atomic E-state index is 5.49. The molecular formula is C18H14N2O4. The zero-order valence-electron chi connectivity index (χ0n) is 13.0. The van der Waals surface area contributed by atoms with Crippen LogP contribution in [0.15, 0.2) is 36.4 Å². The molecule has 0 fully saturated rings. The molecule has 0 atom stereocenters. The largest absolute Gasteiger partial charge is 0.454 e. The van der Waals surface area contributed by atoms with Crippen LogP contribution < -0.4 is 24.3 Å². The summed E-state index contributed by atoms with van der Waals surface area (Å²) in [4.78, 5) is 4.59. The Morgan fingerprint density at radius 1 is 0.833 bits per heavy atom. The molecule has 0 saturated carbocycles. The van der Waals surface area contributed by atoms with E-state index in [9.17, 15) is 0 Å². The van der Waals surface area contributed by atoms with Crippen LogP contribution >= 0.6 is 0 Å². The molecule has 120 valence electrons. The Morgan fingerprint density at radius 2 is 1.54 bits per heavy atom. The molecule has 2 aromatic carbocycles. The number of ether oxygens (including phenoxy) is 4. The second-order valence-electron chi connectivity index (χ2n) is 5.73. The fourth-order valence-corrected chi connectivity index (χ4v) is 2.98. The van der Waals surface area contributed by atoms with Crippen LogP contribution in [0.5, 0.6) is 23.0 Å². The molecule has 3 aromatic rings. The zero-order chi connectivity index (χ0) is 16.1. The van der Waals surface area contributed by atoms with Gasteiger partial charge in [-0.25, -0.2) is 0 Å². The number of aromatic nitrogens is 1.